The van der Waals surface area contributed by atoms with E-state index in [-0.39, 0.29) is 29.6 Å². The summed E-state index contributed by atoms with van der Waals surface area (Å²) in [5.74, 6) is 0.901. The molecule has 0 aliphatic heterocycles. The van der Waals surface area contributed by atoms with Crippen molar-refractivity contribution in [3.05, 3.63) is 11.1 Å². The Morgan fingerprint density at radius 1 is 1.04 bits per heavy atom. The second-order valence-electron chi connectivity index (χ2n) is 9.32. The topological polar surface area (TPSA) is 52.6 Å². The monoisotopic (exact) mass is 378 g/mol. The van der Waals surface area contributed by atoms with Gasteiger partial charge in [-0.1, -0.05) is 12.5 Å². The molecule has 0 radical (unpaired) electrons. The molecule has 27 heavy (non-hydrogen) atoms. The lowest BCUT2D eigenvalue weighted by Crippen LogP contribution is -2.49. The molecular weight excluding hydrogens is 347 g/mol. The first-order valence-electron chi connectivity index (χ1n) is 10.5. The Kier molecular flexibility index (Phi) is 4.84. The van der Waals surface area contributed by atoms with E-state index in [0.717, 1.165) is 44.1 Å². The number of carbonyl (C=O) groups excluding carboxylic acids is 2. The number of carbonyl (C=O) groups is 2. The number of hydrogen-bond donors (Lipinski definition) is 0. The predicted octanol–water partition coefficient (Wildman–Crippen LogP) is 4.51. The average molecular weight is 378 g/mol. The minimum Gasteiger partial charge on any atom is -0.462 e. The molecular formula is C22H31FO4. The van der Waals surface area contributed by atoms with Crippen molar-refractivity contribution in [3.8, 4) is 0 Å². The van der Waals surface area contributed by atoms with Crippen molar-refractivity contribution < 1.29 is 23.5 Å². The number of alkyl halides is 1. The molecule has 0 bridgehead atoms. The van der Waals surface area contributed by atoms with Gasteiger partial charge in [0.05, 0.1) is 0 Å². The quantitative estimate of drug-likeness (QED) is 0.524. The van der Waals surface area contributed by atoms with Gasteiger partial charge in [-0.3, -0.25) is 9.59 Å². The van der Waals surface area contributed by atoms with Crippen molar-refractivity contribution in [2.45, 2.75) is 90.5 Å². The summed E-state index contributed by atoms with van der Waals surface area (Å²) in [6.07, 6.45) is 5.60. The summed E-state index contributed by atoms with van der Waals surface area (Å²) in [5.41, 5.74) is 2.45. The summed E-state index contributed by atoms with van der Waals surface area (Å²) < 4.78 is 25.5. The maximum absolute atomic E-state index is 14.1. The van der Waals surface area contributed by atoms with E-state index in [1.54, 1.807) is 0 Å². The van der Waals surface area contributed by atoms with Gasteiger partial charge in [0, 0.05) is 25.7 Å². The van der Waals surface area contributed by atoms with Gasteiger partial charge in [0.15, 0.2) is 0 Å². The fraction of sp³-hybridized carbons (Fsp3) is 0.818. The van der Waals surface area contributed by atoms with Crippen LogP contribution in [0.25, 0.3) is 0 Å². The Labute approximate surface area is 160 Å². The third-order valence-corrected chi connectivity index (χ3v) is 7.87. The molecule has 0 aromatic carbocycles. The molecule has 3 unspecified atom stereocenters. The van der Waals surface area contributed by atoms with Crippen LogP contribution in [0.15, 0.2) is 11.1 Å². The molecule has 5 heteroatoms. The van der Waals surface area contributed by atoms with Crippen molar-refractivity contribution in [1.29, 1.82) is 0 Å². The van der Waals surface area contributed by atoms with Crippen LogP contribution < -0.4 is 0 Å². The maximum atomic E-state index is 14.1. The molecule has 0 heterocycles. The molecule has 150 valence electrons. The molecule has 0 saturated heterocycles. The molecule has 2 saturated carbocycles. The van der Waals surface area contributed by atoms with Crippen LogP contribution in [0.3, 0.4) is 0 Å². The number of hydrogen-bond acceptors (Lipinski definition) is 4. The van der Waals surface area contributed by atoms with Gasteiger partial charge in [-0.25, -0.2) is 4.39 Å². The average Bonchev–Trinajstić information content (AvgIpc) is 2.91. The van der Waals surface area contributed by atoms with Gasteiger partial charge in [-0.15, -0.1) is 0 Å². The molecule has 0 aromatic rings. The number of rotatable bonds is 2. The van der Waals surface area contributed by atoms with E-state index in [9.17, 15) is 14.0 Å². The number of allylic oxidation sites excluding steroid dienone is 1. The van der Waals surface area contributed by atoms with Gasteiger partial charge in [-0.2, -0.15) is 0 Å². The molecule has 0 N–H and O–H groups in total. The van der Waals surface area contributed by atoms with Crippen LogP contribution in [0, 0.1) is 23.2 Å². The lowest BCUT2D eigenvalue weighted by molar-refractivity contribution is -0.157. The molecule has 0 amide bonds. The summed E-state index contributed by atoms with van der Waals surface area (Å²) in [4.78, 5) is 23.3. The van der Waals surface area contributed by atoms with E-state index in [1.165, 1.54) is 19.4 Å². The van der Waals surface area contributed by atoms with Gasteiger partial charge in [0.1, 0.15) is 18.4 Å². The Morgan fingerprint density at radius 2 is 1.78 bits per heavy atom. The molecule has 0 aromatic heterocycles. The summed E-state index contributed by atoms with van der Waals surface area (Å²) in [7, 11) is 0. The van der Waals surface area contributed by atoms with Gasteiger partial charge >= 0.3 is 11.9 Å². The van der Waals surface area contributed by atoms with Crippen molar-refractivity contribution in [1.82, 2.24) is 0 Å². The van der Waals surface area contributed by atoms with Crippen molar-refractivity contribution in [3.63, 3.8) is 0 Å². The maximum Gasteiger partial charge on any atom is 0.303 e. The summed E-state index contributed by atoms with van der Waals surface area (Å²) in [6.45, 7) is 5.21. The molecule has 4 nitrogen and oxygen atoms in total. The highest BCUT2D eigenvalue weighted by Gasteiger charge is 2.57. The smallest absolute Gasteiger partial charge is 0.303 e. The molecule has 4 aliphatic carbocycles. The highest BCUT2D eigenvalue weighted by molar-refractivity contribution is 5.67. The van der Waals surface area contributed by atoms with Crippen molar-refractivity contribution >= 4 is 11.9 Å². The van der Waals surface area contributed by atoms with Crippen molar-refractivity contribution in [2.75, 3.05) is 0 Å². The fourth-order valence-electron chi connectivity index (χ4n) is 6.81. The largest absolute Gasteiger partial charge is 0.462 e. The zero-order chi connectivity index (χ0) is 19.3. The first-order valence-corrected chi connectivity index (χ1v) is 10.5. The zero-order valence-corrected chi connectivity index (χ0v) is 16.6. The Morgan fingerprint density at radius 3 is 2.48 bits per heavy atom. The highest BCUT2D eigenvalue weighted by atomic mass is 19.1. The van der Waals surface area contributed by atoms with Gasteiger partial charge < -0.3 is 9.47 Å². The van der Waals surface area contributed by atoms with Crippen LogP contribution in [0.1, 0.15) is 72.1 Å². The Balaban J connectivity index is 1.65. The van der Waals surface area contributed by atoms with Crippen LogP contribution >= 0.6 is 0 Å². The van der Waals surface area contributed by atoms with E-state index >= 15 is 0 Å². The number of fused-ring (bicyclic) bond motifs is 4. The molecule has 4 rings (SSSR count). The standard InChI is InChI=1S/C22H31FO4/c1-12(24)26-20-11-17-16(15-5-4-14(23)10-18(15)20)8-9-22(3)19(17)6-7-21(22)27-13(2)25/h14,16-17,19-21H,4-11H2,1-3H3/t14?,16-,17-,19+,20?,21?,22+/m1/s1. The predicted molar refractivity (Wildman–Crippen MR) is 98.5 cm³/mol. The van der Waals surface area contributed by atoms with Crippen molar-refractivity contribution in [2.24, 2.45) is 23.2 Å². The second-order valence-corrected chi connectivity index (χ2v) is 9.32. The zero-order valence-electron chi connectivity index (χ0n) is 16.6. The number of halogens is 1. The number of esters is 2. The minimum atomic E-state index is -0.813. The van der Waals surface area contributed by atoms with E-state index in [2.05, 4.69) is 6.92 Å². The lowest BCUT2D eigenvalue weighted by Gasteiger charge is -2.53. The van der Waals surface area contributed by atoms with E-state index in [0.29, 0.717) is 30.6 Å². The highest BCUT2D eigenvalue weighted by Crippen LogP contribution is 2.62. The van der Waals surface area contributed by atoms with Crippen LogP contribution in [0.5, 0.6) is 0 Å². The first kappa shape index (κ1) is 18.9. The molecule has 4 aliphatic rings. The molecule has 7 atom stereocenters. The van der Waals surface area contributed by atoms with Crippen LogP contribution in [0.4, 0.5) is 4.39 Å². The van der Waals surface area contributed by atoms with Crippen LogP contribution in [0.2, 0.25) is 0 Å². The Bertz CT molecular complexity index is 671. The summed E-state index contributed by atoms with van der Waals surface area (Å²) in [6, 6.07) is 0. The van der Waals surface area contributed by atoms with E-state index in [4.69, 9.17) is 9.47 Å². The Hall–Kier alpha value is -1.39. The van der Waals surface area contributed by atoms with Crippen LogP contribution in [-0.2, 0) is 19.1 Å². The molecule has 2 fully saturated rings. The SMILES string of the molecule is CC(=O)OC1C[C@@H]2[C@H](CC[C@]3(C)C(OC(C)=O)CC[C@@H]23)C2=C1CC(F)CC2. The van der Waals surface area contributed by atoms with Gasteiger partial charge in [0.2, 0.25) is 0 Å². The van der Waals surface area contributed by atoms with Gasteiger partial charge in [0.25, 0.3) is 0 Å². The van der Waals surface area contributed by atoms with E-state index in [1.807, 2.05) is 0 Å². The van der Waals surface area contributed by atoms with Gasteiger partial charge in [-0.05, 0) is 68.3 Å². The summed E-state index contributed by atoms with van der Waals surface area (Å²) in [5, 5.41) is 0. The van der Waals surface area contributed by atoms with E-state index < -0.39 is 6.17 Å². The normalized spacial score (nSPS) is 43.4. The lowest BCUT2D eigenvalue weighted by atomic mass is 9.53. The third kappa shape index (κ3) is 3.21. The minimum absolute atomic E-state index is 0.00294. The van der Waals surface area contributed by atoms with Crippen LogP contribution in [-0.4, -0.2) is 30.3 Å². The fourth-order valence-corrected chi connectivity index (χ4v) is 6.81. The third-order valence-electron chi connectivity index (χ3n) is 7.87. The summed E-state index contributed by atoms with van der Waals surface area (Å²) >= 11 is 0. The first-order chi connectivity index (χ1) is 12.8. The number of ether oxygens (including phenoxy) is 2. The second kappa shape index (κ2) is 6.89. The molecule has 0 spiro atoms.